The molecule has 0 saturated carbocycles. The third-order valence-electron chi connectivity index (χ3n) is 10.7. The second-order valence-corrected chi connectivity index (χ2v) is 15.8. The Morgan fingerprint density at radius 1 is 0.607 bits per heavy atom. The van der Waals surface area contributed by atoms with Crippen LogP contribution in [0.25, 0.3) is 11.1 Å². The van der Waals surface area contributed by atoms with Gasteiger partial charge in [0.1, 0.15) is 24.7 Å². The topological polar surface area (TPSA) is 77.7 Å². The van der Waals surface area contributed by atoms with Gasteiger partial charge in [0.05, 0.1) is 12.4 Å². The fraction of sp³-hybridized carbons (Fsp3) is 0.489. The van der Waals surface area contributed by atoms with Crippen LogP contribution in [0.5, 0.6) is 11.5 Å². The summed E-state index contributed by atoms with van der Waals surface area (Å²) in [6.45, 7) is 24.6. The molecule has 0 amide bonds. The average Bonchev–Trinajstić information content (AvgIpc) is 3.97. The van der Waals surface area contributed by atoms with Gasteiger partial charge in [-0.1, -0.05) is 0 Å². The number of ketones is 1. The lowest BCUT2D eigenvalue weighted by Crippen LogP contribution is -2.25. The predicted octanol–water partition coefficient (Wildman–Crippen LogP) is 9.40. The van der Waals surface area contributed by atoms with E-state index in [9.17, 15) is 4.79 Å². The van der Waals surface area contributed by atoms with Crippen LogP contribution in [0.15, 0.2) is 61.2 Å². The third kappa shape index (κ3) is 11.2. The van der Waals surface area contributed by atoms with Crippen LogP contribution >= 0.6 is 24.8 Å². The summed E-state index contributed by atoms with van der Waals surface area (Å²) in [7, 11) is 0. The van der Waals surface area contributed by atoms with E-state index in [1.807, 2.05) is 34.2 Å². The first-order chi connectivity index (χ1) is 26.0. The highest BCUT2D eigenvalue weighted by atomic mass is 35.5. The van der Waals surface area contributed by atoms with Gasteiger partial charge in [-0.2, -0.15) is 10.2 Å². The number of aromatic nitrogens is 4. The van der Waals surface area contributed by atoms with Crippen molar-refractivity contribution in [2.75, 3.05) is 52.5 Å². The van der Waals surface area contributed by atoms with Crippen LogP contribution < -0.4 is 9.47 Å². The molecular formula is C45H62Cl2N6O3. The highest BCUT2D eigenvalue weighted by molar-refractivity contribution is 6.11. The Morgan fingerprint density at radius 3 is 1.25 bits per heavy atom. The highest BCUT2D eigenvalue weighted by Gasteiger charge is 2.19. The van der Waals surface area contributed by atoms with E-state index in [1.54, 1.807) is 12.2 Å². The van der Waals surface area contributed by atoms with Gasteiger partial charge in [0.25, 0.3) is 0 Å². The zero-order chi connectivity index (χ0) is 38.4. The number of halogens is 2. The fourth-order valence-corrected chi connectivity index (χ4v) is 7.74. The lowest BCUT2D eigenvalue weighted by Gasteiger charge is -2.18. The zero-order valence-corrected chi connectivity index (χ0v) is 36.3. The second kappa shape index (κ2) is 20.5. The van der Waals surface area contributed by atoms with Gasteiger partial charge in [-0.05, 0) is 188 Å². The Morgan fingerprint density at radius 2 is 0.946 bits per heavy atom. The summed E-state index contributed by atoms with van der Waals surface area (Å²) in [4.78, 5) is 19.3. The SMILES string of the molecule is Cc1cc(/C(=C\C(=O)/C=C(\c2cc(C)c(OCCN3CCCC3)c(C)c2)c2cnn(C(C)C)c2)c2cnn(C(C)C)c2)cc(C)c1OCCN1CCCC1.Cl.Cl. The second-order valence-electron chi connectivity index (χ2n) is 15.8. The number of carbonyl (C=O) groups excluding carboxylic acids is 1. The molecular weight excluding hydrogens is 743 g/mol. The van der Waals surface area contributed by atoms with Crippen molar-refractivity contribution in [3.05, 3.63) is 106 Å². The number of hydrogen-bond donors (Lipinski definition) is 0. The Bertz CT molecular complexity index is 1800. The Kier molecular flexibility index (Phi) is 16.4. The molecule has 2 aliphatic rings. The number of hydrogen-bond acceptors (Lipinski definition) is 7. The van der Waals surface area contributed by atoms with Crippen LogP contribution in [0.2, 0.25) is 0 Å². The molecule has 0 N–H and O–H groups in total. The molecule has 2 aromatic carbocycles. The quantitative estimate of drug-likeness (QED) is 0.105. The summed E-state index contributed by atoms with van der Waals surface area (Å²) < 4.78 is 16.6. The Balaban J connectivity index is 0.00000348. The number of likely N-dealkylation sites (tertiary alicyclic amines) is 2. The molecule has 6 rings (SSSR count). The molecule has 0 spiro atoms. The van der Waals surface area contributed by atoms with Crippen LogP contribution in [0.4, 0.5) is 0 Å². The normalized spacial score (nSPS) is 15.4. The van der Waals surface area contributed by atoms with Crippen molar-refractivity contribution in [2.45, 2.75) is 93.2 Å². The van der Waals surface area contributed by atoms with E-state index < -0.39 is 0 Å². The maximum absolute atomic E-state index is 14.4. The molecule has 2 saturated heterocycles. The molecule has 2 fully saturated rings. The number of ether oxygens (including phenoxy) is 2. The van der Waals surface area contributed by atoms with Crippen molar-refractivity contribution in [3.8, 4) is 11.5 Å². The van der Waals surface area contributed by atoms with Gasteiger partial charge in [-0.3, -0.25) is 24.0 Å². The number of allylic oxidation sites excluding steroid dienone is 2. The summed E-state index contributed by atoms with van der Waals surface area (Å²) in [5, 5.41) is 9.30. The predicted molar refractivity (Wildman–Crippen MR) is 233 cm³/mol. The molecule has 9 nitrogen and oxygen atoms in total. The van der Waals surface area contributed by atoms with Crippen molar-refractivity contribution in [3.63, 3.8) is 0 Å². The smallest absolute Gasteiger partial charge is 0.179 e. The van der Waals surface area contributed by atoms with Crippen LogP contribution in [0, 0.1) is 27.7 Å². The molecule has 0 bridgehead atoms. The van der Waals surface area contributed by atoms with Gasteiger partial charge < -0.3 is 9.47 Å². The molecule has 0 radical (unpaired) electrons. The minimum Gasteiger partial charge on any atom is -0.492 e. The number of rotatable bonds is 16. The fourth-order valence-electron chi connectivity index (χ4n) is 7.74. The van der Waals surface area contributed by atoms with Gasteiger partial charge in [0, 0.05) is 48.7 Å². The molecule has 304 valence electrons. The zero-order valence-electron chi connectivity index (χ0n) is 34.6. The standard InChI is InChI=1S/C45H60N6O3.2ClH/c1-31(2)50-29-39(27-46-50)42(37-21-33(5)44(34(6)22-37)53-19-17-48-13-9-10-14-48)25-41(52)26-43(40-28-47-51(30-40)32(3)4)38-23-35(7)45(36(8)24-38)54-20-18-49-15-11-12-16-49;;/h21-32H,9-20H2,1-8H3;2*1H/b42-25+,43-26+;;. The van der Waals surface area contributed by atoms with Crippen molar-refractivity contribution in [1.29, 1.82) is 0 Å². The molecule has 2 aliphatic heterocycles. The van der Waals surface area contributed by atoms with Crippen LogP contribution in [0.1, 0.15) is 110 Å². The van der Waals surface area contributed by atoms with E-state index in [2.05, 4.69) is 99.7 Å². The maximum Gasteiger partial charge on any atom is 0.179 e. The van der Waals surface area contributed by atoms with Crippen LogP contribution in [-0.2, 0) is 4.79 Å². The van der Waals surface area contributed by atoms with Gasteiger partial charge in [0.15, 0.2) is 5.78 Å². The number of carbonyl (C=O) groups is 1. The van der Waals surface area contributed by atoms with Crippen molar-refractivity contribution >= 4 is 41.7 Å². The number of aryl methyl sites for hydroxylation is 4. The minimum absolute atomic E-state index is 0. The molecule has 2 aromatic heterocycles. The summed E-state index contributed by atoms with van der Waals surface area (Å²) in [5.41, 5.74) is 9.54. The largest absolute Gasteiger partial charge is 0.492 e. The van der Waals surface area contributed by atoms with Crippen molar-refractivity contribution in [2.24, 2.45) is 0 Å². The Labute approximate surface area is 346 Å². The first kappa shape index (κ1) is 44.8. The van der Waals surface area contributed by atoms with E-state index >= 15 is 0 Å². The summed E-state index contributed by atoms with van der Waals surface area (Å²) >= 11 is 0. The third-order valence-corrected chi connectivity index (χ3v) is 10.7. The van der Waals surface area contributed by atoms with Crippen LogP contribution in [-0.4, -0.2) is 87.6 Å². The summed E-state index contributed by atoms with van der Waals surface area (Å²) in [6, 6.07) is 8.92. The van der Waals surface area contributed by atoms with Gasteiger partial charge in [-0.25, -0.2) is 0 Å². The molecule has 56 heavy (non-hydrogen) atoms. The van der Waals surface area contributed by atoms with E-state index in [0.29, 0.717) is 13.2 Å². The van der Waals surface area contributed by atoms with Gasteiger partial charge in [-0.15, -0.1) is 24.8 Å². The average molecular weight is 806 g/mol. The number of nitrogens with zero attached hydrogens (tertiary/aromatic N) is 6. The molecule has 0 aliphatic carbocycles. The maximum atomic E-state index is 14.4. The van der Waals surface area contributed by atoms with E-state index in [-0.39, 0.29) is 42.7 Å². The first-order valence-corrected chi connectivity index (χ1v) is 20.0. The van der Waals surface area contributed by atoms with Crippen molar-refractivity contribution in [1.82, 2.24) is 29.4 Å². The summed E-state index contributed by atoms with van der Waals surface area (Å²) in [6.07, 6.45) is 16.4. The lowest BCUT2D eigenvalue weighted by molar-refractivity contribution is -0.110. The van der Waals surface area contributed by atoms with Crippen molar-refractivity contribution < 1.29 is 14.3 Å². The van der Waals surface area contributed by atoms with Gasteiger partial charge in [0.2, 0.25) is 0 Å². The van der Waals surface area contributed by atoms with Gasteiger partial charge >= 0.3 is 0 Å². The number of benzene rings is 2. The molecule has 11 heteroatoms. The minimum atomic E-state index is -0.114. The highest BCUT2D eigenvalue weighted by Crippen LogP contribution is 2.34. The summed E-state index contributed by atoms with van der Waals surface area (Å²) in [5.74, 6) is 1.72. The molecule has 4 heterocycles. The van der Waals surface area contributed by atoms with E-state index in [0.717, 1.165) is 106 Å². The first-order valence-electron chi connectivity index (χ1n) is 20.0. The Hall–Kier alpha value is -3.89. The molecule has 0 unspecified atom stereocenters. The molecule has 0 atom stereocenters. The lowest BCUT2D eigenvalue weighted by atomic mass is 9.93. The van der Waals surface area contributed by atoms with E-state index in [4.69, 9.17) is 9.47 Å². The van der Waals surface area contributed by atoms with E-state index in [1.165, 1.54) is 25.7 Å². The van der Waals surface area contributed by atoms with Crippen LogP contribution in [0.3, 0.4) is 0 Å². The molecule has 4 aromatic rings. The monoisotopic (exact) mass is 804 g/mol.